The molecule has 0 bridgehead atoms. The standard InChI is InChI=1S/C12H17FN2OS/c1-15(5-2-6-16)8-10-7-9(12(14)17)3-4-11(10)13/h3-4,7,16H,2,5-6,8H2,1H3,(H2,14,17). The number of rotatable bonds is 6. The van der Waals surface area contributed by atoms with Crippen LogP contribution in [0.1, 0.15) is 17.5 Å². The van der Waals surface area contributed by atoms with Crippen molar-refractivity contribution in [1.82, 2.24) is 4.90 Å². The second-order valence-electron chi connectivity index (χ2n) is 3.99. The van der Waals surface area contributed by atoms with Crippen LogP contribution in [0.5, 0.6) is 0 Å². The maximum absolute atomic E-state index is 13.6. The summed E-state index contributed by atoms with van der Waals surface area (Å²) in [7, 11) is 1.88. The number of halogens is 1. The Bertz CT molecular complexity index is 398. The van der Waals surface area contributed by atoms with Crippen LogP contribution < -0.4 is 5.73 Å². The van der Waals surface area contributed by atoms with E-state index in [0.717, 1.165) is 0 Å². The lowest BCUT2D eigenvalue weighted by Gasteiger charge is -2.16. The summed E-state index contributed by atoms with van der Waals surface area (Å²) in [6.45, 7) is 1.33. The minimum absolute atomic E-state index is 0.139. The zero-order chi connectivity index (χ0) is 12.8. The molecule has 94 valence electrons. The SMILES string of the molecule is CN(CCCO)Cc1cc(C(N)=S)ccc1F. The average Bonchev–Trinajstić information content (AvgIpc) is 2.29. The molecular formula is C12H17FN2OS. The van der Waals surface area contributed by atoms with Crippen LogP contribution >= 0.6 is 12.2 Å². The lowest BCUT2D eigenvalue weighted by molar-refractivity contribution is 0.243. The molecular weight excluding hydrogens is 239 g/mol. The lowest BCUT2D eigenvalue weighted by atomic mass is 10.1. The average molecular weight is 256 g/mol. The number of aliphatic hydroxyl groups is 1. The summed E-state index contributed by atoms with van der Waals surface area (Å²) in [6.07, 6.45) is 0.674. The van der Waals surface area contributed by atoms with Crippen molar-refractivity contribution in [1.29, 1.82) is 0 Å². The van der Waals surface area contributed by atoms with Crippen molar-refractivity contribution in [2.75, 3.05) is 20.2 Å². The summed E-state index contributed by atoms with van der Waals surface area (Å²) in [5.41, 5.74) is 6.74. The number of thiocarbonyl (C=S) groups is 1. The molecule has 0 radical (unpaired) electrons. The van der Waals surface area contributed by atoms with Gasteiger partial charge in [0.15, 0.2) is 0 Å². The Morgan fingerprint density at radius 1 is 1.53 bits per heavy atom. The Morgan fingerprint density at radius 3 is 2.82 bits per heavy atom. The predicted octanol–water partition coefficient (Wildman–Crippen LogP) is 1.27. The van der Waals surface area contributed by atoms with E-state index in [9.17, 15) is 4.39 Å². The maximum atomic E-state index is 13.6. The molecule has 3 N–H and O–H groups in total. The number of hydrogen-bond donors (Lipinski definition) is 2. The van der Waals surface area contributed by atoms with E-state index < -0.39 is 0 Å². The highest BCUT2D eigenvalue weighted by Gasteiger charge is 2.07. The summed E-state index contributed by atoms with van der Waals surface area (Å²) in [4.78, 5) is 2.21. The van der Waals surface area contributed by atoms with E-state index in [2.05, 4.69) is 0 Å². The van der Waals surface area contributed by atoms with Gasteiger partial charge < -0.3 is 15.7 Å². The molecule has 0 unspecified atom stereocenters. The van der Waals surface area contributed by atoms with Crippen molar-refractivity contribution in [3.63, 3.8) is 0 Å². The molecule has 0 aliphatic heterocycles. The molecule has 0 aliphatic rings. The second kappa shape index (κ2) is 6.64. The Hall–Kier alpha value is -1.04. The first-order valence-corrected chi connectivity index (χ1v) is 5.83. The summed E-state index contributed by atoms with van der Waals surface area (Å²) in [5.74, 6) is -0.263. The van der Waals surface area contributed by atoms with Gasteiger partial charge in [-0.3, -0.25) is 0 Å². The van der Waals surface area contributed by atoms with Gasteiger partial charge in [0.1, 0.15) is 10.8 Å². The number of benzene rings is 1. The van der Waals surface area contributed by atoms with Gasteiger partial charge in [-0.25, -0.2) is 4.39 Å². The second-order valence-corrected chi connectivity index (χ2v) is 4.43. The largest absolute Gasteiger partial charge is 0.396 e. The third-order valence-corrected chi connectivity index (χ3v) is 2.70. The predicted molar refractivity (Wildman–Crippen MR) is 70.3 cm³/mol. The van der Waals surface area contributed by atoms with Gasteiger partial charge in [0, 0.05) is 30.8 Å². The molecule has 1 aromatic rings. The van der Waals surface area contributed by atoms with Gasteiger partial charge in [-0.1, -0.05) is 12.2 Å². The monoisotopic (exact) mass is 256 g/mol. The minimum atomic E-state index is -0.263. The Morgan fingerprint density at radius 2 is 2.24 bits per heavy atom. The molecule has 0 heterocycles. The van der Waals surface area contributed by atoms with Crippen LogP contribution in [0, 0.1) is 5.82 Å². The topological polar surface area (TPSA) is 49.5 Å². The van der Waals surface area contributed by atoms with E-state index in [1.165, 1.54) is 6.07 Å². The molecule has 0 amide bonds. The highest BCUT2D eigenvalue weighted by Crippen LogP contribution is 2.12. The molecule has 0 saturated carbocycles. The molecule has 0 aromatic heterocycles. The van der Waals surface area contributed by atoms with Crippen molar-refractivity contribution >= 4 is 17.2 Å². The van der Waals surface area contributed by atoms with Gasteiger partial charge in [0.2, 0.25) is 0 Å². The van der Waals surface area contributed by atoms with Gasteiger partial charge in [0.05, 0.1) is 0 Å². The van der Waals surface area contributed by atoms with E-state index in [0.29, 0.717) is 30.6 Å². The molecule has 17 heavy (non-hydrogen) atoms. The highest BCUT2D eigenvalue weighted by molar-refractivity contribution is 7.80. The number of aliphatic hydroxyl groups excluding tert-OH is 1. The fourth-order valence-electron chi connectivity index (χ4n) is 1.56. The fraction of sp³-hybridized carbons (Fsp3) is 0.417. The molecule has 0 spiro atoms. The van der Waals surface area contributed by atoms with Crippen LogP contribution in [0.15, 0.2) is 18.2 Å². The van der Waals surface area contributed by atoms with Crippen molar-refractivity contribution in [3.8, 4) is 0 Å². The third kappa shape index (κ3) is 4.38. The van der Waals surface area contributed by atoms with Crippen molar-refractivity contribution in [2.24, 2.45) is 5.73 Å². The molecule has 0 aliphatic carbocycles. The zero-order valence-corrected chi connectivity index (χ0v) is 10.6. The van der Waals surface area contributed by atoms with Crippen LogP contribution in [0.3, 0.4) is 0 Å². The summed E-state index contributed by atoms with van der Waals surface area (Å²) in [5, 5.41) is 8.72. The van der Waals surface area contributed by atoms with Gasteiger partial charge in [-0.05, 0) is 31.7 Å². The maximum Gasteiger partial charge on any atom is 0.127 e. The first-order valence-electron chi connectivity index (χ1n) is 5.42. The molecule has 1 aromatic carbocycles. The summed E-state index contributed by atoms with van der Waals surface area (Å²) < 4.78 is 13.6. The van der Waals surface area contributed by atoms with E-state index >= 15 is 0 Å². The molecule has 0 atom stereocenters. The summed E-state index contributed by atoms with van der Waals surface area (Å²) >= 11 is 4.86. The molecule has 0 saturated heterocycles. The van der Waals surface area contributed by atoms with Crippen molar-refractivity contribution in [2.45, 2.75) is 13.0 Å². The Balaban J connectivity index is 2.75. The smallest absolute Gasteiger partial charge is 0.127 e. The quantitative estimate of drug-likeness (QED) is 0.753. The van der Waals surface area contributed by atoms with E-state index in [1.54, 1.807) is 12.1 Å². The highest BCUT2D eigenvalue weighted by atomic mass is 32.1. The first kappa shape index (κ1) is 14.0. The van der Waals surface area contributed by atoms with Gasteiger partial charge >= 0.3 is 0 Å². The number of hydrogen-bond acceptors (Lipinski definition) is 3. The van der Waals surface area contributed by atoms with Crippen molar-refractivity contribution < 1.29 is 9.50 Å². The van der Waals surface area contributed by atoms with Gasteiger partial charge in [-0.2, -0.15) is 0 Å². The van der Waals surface area contributed by atoms with Gasteiger partial charge in [-0.15, -0.1) is 0 Å². The Kier molecular flexibility index (Phi) is 5.47. The van der Waals surface area contributed by atoms with E-state index in [4.69, 9.17) is 23.1 Å². The molecule has 3 nitrogen and oxygen atoms in total. The number of nitrogens with zero attached hydrogens (tertiary/aromatic N) is 1. The van der Waals surface area contributed by atoms with Gasteiger partial charge in [0.25, 0.3) is 0 Å². The summed E-state index contributed by atoms with van der Waals surface area (Å²) in [6, 6.07) is 4.63. The molecule has 0 fully saturated rings. The zero-order valence-electron chi connectivity index (χ0n) is 9.82. The van der Waals surface area contributed by atoms with E-state index in [1.807, 2.05) is 11.9 Å². The minimum Gasteiger partial charge on any atom is -0.396 e. The first-order chi connectivity index (χ1) is 8.04. The fourth-order valence-corrected chi connectivity index (χ4v) is 1.69. The normalized spacial score (nSPS) is 10.8. The van der Waals surface area contributed by atoms with E-state index in [-0.39, 0.29) is 17.4 Å². The molecule has 5 heteroatoms. The molecule has 1 rings (SSSR count). The van der Waals surface area contributed by atoms with Crippen LogP contribution in [0.25, 0.3) is 0 Å². The van der Waals surface area contributed by atoms with Crippen LogP contribution in [-0.2, 0) is 6.54 Å². The third-order valence-electron chi connectivity index (χ3n) is 2.47. The number of nitrogens with two attached hydrogens (primary N) is 1. The van der Waals surface area contributed by atoms with Crippen LogP contribution in [0.2, 0.25) is 0 Å². The van der Waals surface area contributed by atoms with Crippen LogP contribution in [-0.4, -0.2) is 35.2 Å². The van der Waals surface area contributed by atoms with Crippen molar-refractivity contribution in [3.05, 3.63) is 35.1 Å². The van der Waals surface area contributed by atoms with Crippen LogP contribution in [0.4, 0.5) is 4.39 Å². The Labute approximate surface area is 106 Å². The lowest BCUT2D eigenvalue weighted by Crippen LogP contribution is -2.21.